The summed E-state index contributed by atoms with van der Waals surface area (Å²) < 4.78 is 0. The van der Waals surface area contributed by atoms with Gasteiger partial charge in [-0.25, -0.2) is 0 Å². The van der Waals surface area contributed by atoms with Gasteiger partial charge in [0.05, 0.1) is 20.5 Å². The molecule has 0 N–H and O–H groups in total. The van der Waals surface area contributed by atoms with Crippen molar-refractivity contribution in [2.75, 3.05) is 0 Å². The molecule has 108 valence electrons. The van der Waals surface area contributed by atoms with Crippen LogP contribution in [0, 0.1) is 20.2 Å². The fourth-order valence-corrected chi connectivity index (χ4v) is 2.44. The van der Waals surface area contributed by atoms with E-state index in [0.717, 1.165) is 6.08 Å². The van der Waals surface area contributed by atoms with Crippen molar-refractivity contribution >= 4 is 39.8 Å². The predicted molar refractivity (Wildman–Crippen MR) is 74.7 cm³/mol. The fraction of sp³-hybridized carbons (Fsp3) is 0. The van der Waals surface area contributed by atoms with E-state index >= 15 is 0 Å². The van der Waals surface area contributed by atoms with Gasteiger partial charge in [-0.1, -0.05) is 12.1 Å². The highest BCUT2D eigenvalue weighted by atomic mass is 16.6. The van der Waals surface area contributed by atoms with E-state index in [2.05, 4.69) is 0 Å². The van der Waals surface area contributed by atoms with Gasteiger partial charge in [0.1, 0.15) is 0 Å². The molecule has 8 heteroatoms. The number of nitro groups is 2. The van der Waals surface area contributed by atoms with Crippen molar-refractivity contribution in [3.8, 4) is 0 Å². The Morgan fingerprint density at radius 3 is 2.32 bits per heavy atom. The maximum atomic E-state index is 11.7. The van der Waals surface area contributed by atoms with Crippen LogP contribution in [0.5, 0.6) is 0 Å². The third-order valence-electron chi connectivity index (χ3n) is 3.39. The molecule has 0 saturated heterocycles. The standard InChI is InChI=1S/C14H6N2O6/c17-12-6-8-5-9-7(2-1-3-11(9)15(19)20)4-10(8)13(14(12)18)16(21)22/h1-6H. The Morgan fingerprint density at radius 2 is 1.68 bits per heavy atom. The number of nitrogens with zero attached hydrogens (tertiary/aromatic N) is 2. The van der Waals surface area contributed by atoms with E-state index in [1.54, 1.807) is 6.07 Å². The summed E-state index contributed by atoms with van der Waals surface area (Å²) in [4.78, 5) is 43.8. The number of carbonyl (C=O) groups is 2. The Morgan fingerprint density at radius 1 is 0.955 bits per heavy atom. The first kappa shape index (κ1) is 13.6. The minimum Gasteiger partial charge on any atom is -0.285 e. The van der Waals surface area contributed by atoms with Crippen LogP contribution in [0.25, 0.3) is 22.5 Å². The summed E-state index contributed by atoms with van der Waals surface area (Å²) in [6.45, 7) is 0. The van der Waals surface area contributed by atoms with Crippen molar-refractivity contribution in [2.45, 2.75) is 0 Å². The van der Waals surface area contributed by atoms with Crippen LogP contribution in [0.1, 0.15) is 0 Å². The minimum atomic E-state index is -1.19. The molecule has 0 radical (unpaired) electrons. The minimum absolute atomic E-state index is 0.0115. The molecule has 0 spiro atoms. The highest BCUT2D eigenvalue weighted by Gasteiger charge is 2.32. The molecule has 1 aliphatic carbocycles. The van der Waals surface area contributed by atoms with Crippen LogP contribution in [-0.4, -0.2) is 21.4 Å². The zero-order chi connectivity index (χ0) is 16.0. The molecule has 1 aliphatic rings. The van der Waals surface area contributed by atoms with Crippen molar-refractivity contribution in [3.63, 3.8) is 0 Å². The van der Waals surface area contributed by atoms with Crippen LogP contribution in [-0.2, 0) is 9.59 Å². The van der Waals surface area contributed by atoms with Gasteiger partial charge in [0.15, 0.2) is 0 Å². The summed E-state index contributed by atoms with van der Waals surface area (Å²) in [5, 5.41) is 22.8. The summed E-state index contributed by atoms with van der Waals surface area (Å²) in [7, 11) is 0. The highest BCUT2D eigenvalue weighted by Crippen LogP contribution is 2.23. The zero-order valence-electron chi connectivity index (χ0n) is 10.8. The number of hydrogen-bond acceptors (Lipinski definition) is 6. The number of non-ortho nitro benzene ring substituents is 1. The monoisotopic (exact) mass is 298 g/mol. The van der Waals surface area contributed by atoms with E-state index in [9.17, 15) is 29.8 Å². The molecular weight excluding hydrogens is 292 g/mol. The van der Waals surface area contributed by atoms with Crippen molar-refractivity contribution in [1.29, 1.82) is 0 Å². The average Bonchev–Trinajstić information content (AvgIpc) is 2.45. The number of Topliss-reactive ketones (excluding diaryl/α,β-unsaturated/α-hetero) is 2. The third kappa shape index (κ3) is 1.85. The lowest BCUT2D eigenvalue weighted by atomic mass is 9.98. The second kappa shape index (κ2) is 4.55. The van der Waals surface area contributed by atoms with Gasteiger partial charge in [-0.3, -0.25) is 29.8 Å². The van der Waals surface area contributed by atoms with Gasteiger partial charge in [-0.15, -0.1) is 0 Å². The number of nitro benzene ring substituents is 1. The molecule has 0 atom stereocenters. The molecule has 0 aromatic heterocycles. The van der Waals surface area contributed by atoms with E-state index in [1.165, 1.54) is 24.3 Å². The molecule has 0 amide bonds. The second-order valence-corrected chi connectivity index (χ2v) is 4.64. The maximum Gasteiger partial charge on any atom is 0.328 e. The summed E-state index contributed by atoms with van der Waals surface area (Å²) in [5.74, 6) is -2.21. The van der Waals surface area contributed by atoms with Crippen LogP contribution in [0.3, 0.4) is 0 Å². The summed E-state index contributed by atoms with van der Waals surface area (Å²) >= 11 is 0. The average molecular weight is 298 g/mol. The van der Waals surface area contributed by atoms with Crippen LogP contribution in [0.15, 0.2) is 30.3 Å². The molecule has 0 unspecified atom stereocenters. The molecule has 2 aromatic rings. The number of carbonyl (C=O) groups excluding carboxylic acids is 2. The van der Waals surface area contributed by atoms with Crippen molar-refractivity contribution in [1.82, 2.24) is 0 Å². The number of rotatable bonds is 2. The van der Waals surface area contributed by atoms with Gasteiger partial charge in [0.2, 0.25) is 5.78 Å². The van der Waals surface area contributed by atoms with Crippen molar-refractivity contribution < 1.29 is 19.4 Å². The number of benzene rings is 2. The van der Waals surface area contributed by atoms with Gasteiger partial charge in [0.25, 0.3) is 5.69 Å². The van der Waals surface area contributed by atoms with Crippen LogP contribution in [0.2, 0.25) is 0 Å². The lowest BCUT2D eigenvalue weighted by Gasteiger charge is -2.04. The molecule has 0 saturated carbocycles. The first-order valence-electron chi connectivity index (χ1n) is 6.06. The van der Waals surface area contributed by atoms with E-state index in [0.29, 0.717) is 5.39 Å². The van der Waals surface area contributed by atoms with E-state index < -0.39 is 27.1 Å². The molecule has 22 heavy (non-hydrogen) atoms. The number of hydrogen-bond donors (Lipinski definition) is 0. The predicted octanol–water partition coefficient (Wildman–Crippen LogP) is 0.0652. The second-order valence-electron chi connectivity index (χ2n) is 4.64. The molecule has 0 aliphatic heterocycles. The number of ketones is 2. The SMILES string of the molecule is O=C1C=c2cc3c([N+](=O)[O-])cccc3cc2=C([N+](=O)[O-])C1=O. The molecular formula is C14H6N2O6. The normalized spacial score (nSPS) is 13.7. The Balaban J connectivity index is 2.56. The quantitative estimate of drug-likeness (QED) is 0.439. The number of fused-ring (bicyclic) bond motifs is 2. The van der Waals surface area contributed by atoms with Crippen molar-refractivity contribution in [3.05, 3.63) is 61.0 Å². The first-order chi connectivity index (χ1) is 10.4. The molecule has 0 bridgehead atoms. The topological polar surface area (TPSA) is 120 Å². The summed E-state index contributed by atoms with van der Waals surface area (Å²) in [5.41, 5.74) is -0.989. The zero-order valence-corrected chi connectivity index (χ0v) is 10.8. The molecule has 3 rings (SSSR count). The maximum absolute atomic E-state index is 11.7. The van der Waals surface area contributed by atoms with Gasteiger partial charge >= 0.3 is 11.5 Å². The Bertz CT molecular complexity index is 1020. The van der Waals surface area contributed by atoms with E-state index in [-0.39, 0.29) is 21.5 Å². The molecule has 0 heterocycles. The molecule has 2 aromatic carbocycles. The van der Waals surface area contributed by atoms with Gasteiger partial charge < -0.3 is 0 Å². The molecule has 0 fully saturated rings. The van der Waals surface area contributed by atoms with Crippen LogP contribution < -0.4 is 10.4 Å². The highest BCUT2D eigenvalue weighted by molar-refractivity contribution is 6.59. The smallest absolute Gasteiger partial charge is 0.285 e. The largest absolute Gasteiger partial charge is 0.328 e. The fourth-order valence-electron chi connectivity index (χ4n) is 2.44. The first-order valence-corrected chi connectivity index (χ1v) is 6.06. The van der Waals surface area contributed by atoms with E-state index in [1.807, 2.05) is 0 Å². The summed E-state index contributed by atoms with van der Waals surface area (Å²) in [6.07, 6.45) is 0.959. The van der Waals surface area contributed by atoms with Gasteiger partial charge in [-0.05, 0) is 28.8 Å². The molecule has 8 nitrogen and oxygen atoms in total. The Hall–Kier alpha value is -3.42. The third-order valence-corrected chi connectivity index (χ3v) is 3.39. The summed E-state index contributed by atoms with van der Waals surface area (Å²) in [6, 6.07) is 6.91. The van der Waals surface area contributed by atoms with Gasteiger partial charge in [-0.2, -0.15) is 0 Å². The Kier molecular flexibility index (Phi) is 2.81. The lowest BCUT2D eigenvalue weighted by Crippen LogP contribution is -2.39. The van der Waals surface area contributed by atoms with Crippen LogP contribution in [0.4, 0.5) is 5.69 Å². The van der Waals surface area contributed by atoms with E-state index in [4.69, 9.17) is 0 Å². The van der Waals surface area contributed by atoms with Crippen LogP contribution >= 0.6 is 0 Å². The lowest BCUT2D eigenvalue weighted by molar-refractivity contribution is -0.383. The van der Waals surface area contributed by atoms with Gasteiger partial charge in [0, 0.05) is 6.07 Å². The van der Waals surface area contributed by atoms with Crippen molar-refractivity contribution in [2.24, 2.45) is 0 Å². The Labute approximate surface area is 121 Å².